The molecule has 5 rings (SSSR count). The van der Waals surface area contributed by atoms with Crippen molar-refractivity contribution in [1.82, 2.24) is 4.90 Å². The highest BCUT2D eigenvalue weighted by molar-refractivity contribution is 5.70. The summed E-state index contributed by atoms with van der Waals surface area (Å²) < 4.78 is 17.5. The van der Waals surface area contributed by atoms with Crippen molar-refractivity contribution in [3.8, 4) is 11.5 Å². The number of carbonyl (C=O) groups is 2. The van der Waals surface area contributed by atoms with E-state index < -0.39 is 6.10 Å². The molecule has 2 bridgehead atoms. The molecule has 2 aliphatic heterocycles. The summed E-state index contributed by atoms with van der Waals surface area (Å²) in [7, 11) is 1.51. The second-order valence-electron chi connectivity index (χ2n) is 11.2. The SMILES string of the molecule is COc1cc(CCC(=O)O[C@@H]2[C@@H](OC(C)=O)[C@@H]3C[C@@H](C)C[C@]45[C@@H]3CCCN4CCC[C@H]25)ccc1O. The highest BCUT2D eigenvalue weighted by Crippen LogP contribution is 2.61. The van der Waals surface area contributed by atoms with Crippen molar-refractivity contribution >= 4 is 11.9 Å². The number of carbonyl (C=O) groups excluding carboxylic acids is 2. The van der Waals surface area contributed by atoms with E-state index in [0.717, 1.165) is 44.3 Å². The first-order valence-electron chi connectivity index (χ1n) is 13.3. The predicted octanol–water partition coefficient (Wildman–Crippen LogP) is 4.10. The highest BCUT2D eigenvalue weighted by Gasteiger charge is 2.67. The molecule has 4 fully saturated rings. The van der Waals surface area contributed by atoms with E-state index in [4.69, 9.17) is 14.2 Å². The molecule has 35 heavy (non-hydrogen) atoms. The Bertz CT molecular complexity index is 963. The molecule has 2 saturated carbocycles. The molecule has 2 aliphatic carbocycles. The number of nitrogens with zero attached hydrogens (tertiary/aromatic N) is 1. The van der Waals surface area contributed by atoms with Gasteiger partial charge in [0.1, 0.15) is 12.2 Å². The van der Waals surface area contributed by atoms with Gasteiger partial charge in [-0.05, 0) is 87.6 Å². The third-order valence-corrected chi connectivity index (χ3v) is 9.20. The molecule has 7 nitrogen and oxygen atoms in total. The number of phenols is 1. The zero-order valence-corrected chi connectivity index (χ0v) is 21.2. The van der Waals surface area contributed by atoms with Crippen molar-refractivity contribution in [2.24, 2.45) is 23.7 Å². The summed E-state index contributed by atoms with van der Waals surface area (Å²) in [5.74, 6) is 1.42. The van der Waals surface area contributed by atoms with Gasteiger partial charge in [0.25, 0.3) is 0 Å². The van der Waals surface area contributed by atoms with E-state index in [1.165, 1.54) is 26.9 Å². The number of hydrogen-bond donors (Lipinski definition) is 1. The molecular formula is C28H39NO6. The van der Waals surface area contributed by atoms with Crippen LogP contribution in [0.3, 0.4) is 0 Å². The molecule has 0 unspecified atom stereocenters. The fourth-order valence-corrected chi connectivity index (χ4v) is 8.18. The average molecular weight is 486 g/mol. The van der Waals surface area contributed by atoms with Crippen LogP contribution in [0.2, 0.25) is 0 Å². The van der Waals surface area contributed by atoms with Crippen LogP contribution in [0, 0.1) is 23.7 Å². The largest absolute Gasteiger partial charge is 0.504 e. The van der Waals surface area contributed by atoms with Crippen LogP contribution in [0.1, 0.15) is 64.4 Å². The van der Waals surface area contributed by atoms with Crippen LogP contribution < -0.4 is 4.74 Å². The lowest BCUT2D eigenvalue weighted by Gasteiger charge is -2.69. The summed E-state index contributed by atoms with van der Waals surface area (Å²) in [6.07, 6.45) is 6.59. The summed E-state index contributed by atoms with van der Waals surface area (Å²) in [6, 6.07) is 5.13. The number of rotatable bonds is 6. The quantitative estimate of drug-likeness (QED) is 0.607. The van der Waals surface area contributed by atoms with E-state index >= 15 is 0 Å². The van der Waals surface area contributed by atoms with Gasteiger partial charge in [-0.3, -0.25) is 14.5 Å². The summed E-state index contributed by atoms with van der Waals surface area (Å²) in [6.45, 7) is 6.04. The van der Waals surface area contributed by atoms with Crippen LogP contribution in [0.4, 0.5) is 0 Å². The molecule has 7 heteroatoms. The van der Waals surface area contributed by atoms with Crippen molar-refractivity contribution in [3.63, 3.8) is 0 Å². The van der Waals surface area contributed by atoms with Crippen LogP contribution in [0.25, 0.3) is 0 Å². The molecule has 4 aliphatic rings. The lowest BCUT2D eigenvalue weighted by Crippen LogP contribution is -2.75. The third-order valence-electron chi connectivity index (χ3n) is 9.20. The number of piperidine rings is 2. The van der Waals surface area contributed by atoms with Gasteiger partial charge in [-0.1, -0.05) is 13.0 Å². The lowest BCUT2D eigenvalue weighted by molar-refractivity contribution is -0.249. The fourth-order valence-electron chi connectivity index (χ4n) is 8.18. The zero-order chi connectivity index (χ0) is 24.7. The molecule has 1 aromatic carbocycles. The Morgan fingerprint density at radius 2 is 1.86 bits per heavy atom. The molecule has 2 saturated heterocycles. The van der Waals surface area contributed by atoms with Gasteiger partial charge in [-0.15, -0.1) is 0 Å². The average Bonchev–Trinajstić information content (AvgIpc) is 2.82. The van der Waals surface area contributed by atoms with Gasteiger partial charge in [0.05, 0.1) is 7.11 Å². The Hall–Kier alpha value is -2.28. The van der Waals surface area contributed by atoms with Gasteiger partial charge >= 0.3 is 11.9 Å². The molecule has 192 valence electrons. The van der Waals surface area contributed by atoms with Crippen molar-refractivity contribution in [2.75, 3.05) is 20.2 Å². The molecule has 1 spiro atoms. The molecule has 1 aromatic rings. The van der Waals surface area contributed by atoms with Gasteiger partial charge in [-0.2, -0.15) is 0 Å². The Labute approximate surface area is 208 Å². The number of methoxy groups -OCH3 is 1. The van der Waals surface area contributed by atoms with Crippen LogP contribution in [-0.4, -0.2) is 59.9 Å². The lowest BCUT2D eigenvalue weighted by atomic mass is 9.47. The number of esters is 2. The van der Waals surface area contributed by atoms with Crippen LogP contribution in [0.15, 0.2) is 18.2 Å². The van der Waals surface area contributed by atoms with Gasteiger partial charge in [0.2, 0.25) is 0 Å². The predicted molar refractivity (Wildman–Crippen MR) is 130 cm³/mol. The summed E-state index contributed by atoms with van der Waals surface area (Å²) in [4.78, 5) is 28.1. The van der Waals surface area contributed by atoms with Gasteiger partial charge < -0.3 is 19.3 Å². The van der Waals surface area contributed by atoms with Gasteiger partial charge in [-0.25, -0.2) is 0 Å². The van der Waals surface area contributed by atoms with Crippen molar-refractivity contribution in [1.29, 1.82) is 0 Å². The molecule has 0 aromatic heterocycles. The Balaban J connectivity index is 1.39. The Morgan fingerprint density at radius 3 is 2.57 bits per heavy atom. The van der Waals surface area contributed by atoms with Gasteiger partial charge in [0, 0.05) is 30.7 Å². The number of aromatic hydroxyl groups is 1. The van der Waals surface area contributed by atoms with Crippen molar-refractivity contribution in [3.05, 3.63) is 23.8 Å². The molecule has 7 atom stereocenters. The second kappa shape index (κ2) is 9.64. The van der Waals surface area contributed by atoms with Gasteiger partial charge in [0.15, 0.2) is 11.5 Å². The number of aryl methyl sites for hydroxylation is 1. The van der Waals surface area contributed by atoms with E-state index in [-0.39, 0.29) is 47.6 Å². The normalized spacial score (nSPS) is 36.1. The standard InChI is InChI=1S/C28H39NO6/c1-17-14-20-21-6-4-12-29-13-5-7-22(28(21,29)16-17)27(26(20)34-18(2)30)35-25(32)11-9-19-8-10-23(31)24(15-19)33-3/h8,10,15,17,20-22,26-27,31H,4-7,9,11-14,16H2,1-3H3/t17-,20-,21-,22-,26+,27+,28-/m1/s1. The van der Waals surface area contributed by atoms with Crippen molar-refractivity contribution in [2.45, 2.75) is 83.0 Å². The first-order chi connectivity index (χ1) is 16.8. The summed E-state index contributed by atoms with van der Waals surface area (Å²) in [5, 5.41) is 9.84. The molecule has 0 radical (unpaired) electrons. The number of phenolic OH excluding ortho intramolecular Hbond substituents is 1. The maximum Gasteiger partial charge on any atom is 0.306 e. The number of benzene rings is 1. The minimum Gasteiger partial charge on any atom is -0.504 e. The van der Waals surface area contributed by atoms with E-state index in [9.17, 15) is 14.7 Å². The monoisotopic (exact) mass is 485 g/mol. The molecule has 1 N–H and O–H groups in total. The fraction of sp³-hybridized carbons (Fsp3) is 0.714. The highest BCUT2D eigenvalue weighted by atomic mass is 16.6. The first-order valence-corrected chi connectivity index (χ1v) is 13.3. The zero-order valence-electron chi connectivity index (χ0n) is 21.2. The van der Waals surface area contributed by atoms with Crippen LogP contribution in [0.5, 0.6) is 11.5 Å². The summed E-state index contributed by atoms with van der Waals surface area (Å²) in [5.41, 5.74) is 0.961. The molecule has 0 amide bonds. The maximum atomic E-state index is 13.2. The number of hydrogen-bond acceptors (Lipinski definition) is 7. The first kappa shape index (κ1) is 24.4. The minimum atomic E-state index is -0.393. The topological polar surface area (TPSA) is 85.3 Å². The summed E-state index contributed by atoms with van der Waals surface area (Å²) >= 11 is 0. The van der Waals surface area contributed by atoms with E-state index in [1.54, 1.807) is 18.2 Å². The molecular weight excluding hydrogens is 446 g/mol. The smallest absolute Gasteiger partial charge is 0.306 e. The van der Waals surface area contributed by atoms with E-state index in [2.05, 4.69) is 11.8 Å². The van der Waals surface area contributed by atoms with E-state index in [0.29, 0.717) is 24.0 Å². The molecule has 2 heterocycles. The number of ether oxygens (including phenoxy) is 3. The van der Waals surface area contributed by atoms with Crippen LogP contribution in [-0.2, 0) is 25.5 Å². The van der Waals surface area contributed by atoms with E-state index in [1.807, 2.05) is 0 Å². The maximum absolute atomic E-state index is 13.2. The van der Waals surface area contributed by atoms with Crippen molar-refractivity contribution < 1.29 is 28.9 Å². The minimum absolute atomic E-state index is 0.0603. The third kappa shape index (κ3) is 4.30. The second-order valence-corrected chi connectivity index (χ2v) is 11.2. The Morgan fingerprint density at radius 1 is 1.11 bits per heavy atom. The Kier molecular flexibility index (Phi) is 6.73. The van der Waals surface area contributed by atoms with Crippen LogP contribution >= 0.6 is 0 Å².